The molecule has 1 aromatic rings. The van der Waals surface area contributed by atoms with Gasteiger partial charge in [0.25, 0.3) is 0 Å². The van der Waals surface area contributed by atoms with Crippen LogP contribution in [-0.4, -0.2) is 44.3 Å². The molecule has 1 aliphatic heterocycles. The lowest BCUT2D eigenvalue weighted by Crippen LogP contribution is -2.45. The number of hydrogen-bond donors (Lipinski definition) is 1. The summed E-state index contributed by atoms with van der Waals surface area (Å²) in [7, 11) is 2.17. The molecule has 0 radical (unpaired) electrons. The van der Waals surface area contributed by atoms with Gasteiger partial charge in [0, 0.05) is 43.3 Å². The van der Waals surface area contributed by atoms with Crippen LogP contribution in [0.3, 0.4) is 0 Å². The van der Waals surface area contributed by atoms with Crippen molar-refractivity contribution in [3.05, 3.63) is 24.2 Å². The largest absolute Gasteiger partial charge is 0.472 e. The van der Waals surface area contributed by atoms with Gasteiger partial charge in [-0.05, 0) is 19.5 Å². The highest BCUT2D eigenvalue weighted by atomic mass is 16.5. The highest BCUT2D eigenvalue weighted by molar-refractivity contribution is 5.05. The quantitative estimate of drug-likeness (QED) is 0.820. The minimum atomic E-state index is 0.253. The molecule has 0 aromatic carbocycles. The van der Waals surface area contributed by atoms with E-state index in [-0.39, 0.29) is 5.41 Å². The molecule has 0 aliphatic carbocycles. The normalized spacial score (nSPS) is 23.6. The predicted octanol–water partition coefficient (Wildman–Crippen LogP) is 2.12. The molecule has 1 aromatic heterocycles. The molecule has 0 saturated carbocycles. The summed E-state index contributed by atoms with van der Waals surface area (Å²) in [5.41, 5.74) is 1.48. The van der Waals surface area contributed by atoms with E-state index in [4.69, 9.17) is 9.15 Å². The zero-order chi connectivity index (χ0) is 13.7. The fraction of sp³-hybridized carbons (Fsp3) is 0.733. The zero-order valence-electron chi connectivity index (χ0n) is 12.3. The first-order valence-corrected chi connectivity index (χ1v) is 7.10. The molecule has 108 valence electrons. The standard InChI is InChI=1S/C15H26N2O2/c1-13(2)16-10-15(5-7-19-12-15)11-17(3)8-14-4-6-18-9-14/h4,6,9,13,16H,5,7-8,10-12H2,1-3H3. The first kappa shape index (κ1) is 14.6. The number of ether oxygens (including phenoxy) is 1. The second-order valence-electron chi connectivity index (χ2n) is 6.14. The first-order chi connectivity index (χ1) is 9.10. The Labute approximate surface area is 116 Å². The van der Waals surface area contributed by atoms with Gasteiger partial charge in [0.15, 0.2) is 0 Å². The first-order valence-electron chi connectivity index (χ1n) is 7.10. The van der Waals surface area contributed by atoms with Gasteiger partial charge < -0.3 is 19.4 Å². The summed E-state index contributed by atoms with van der Waals surface area (Å²) >= 11 is 0. The fourth-order valence-electron chi connectivity index (χ4n) is 2.71. The van der Waals surface area contributed by atoms with E-state index >= 15 is 0 Å². The number of nitrogens with zero attached hydrogens (tertiary/aromatic N) is 1. The van der Waals surface area contributed by atoms with E-state index in [0.717, 1.165) is 39.3 Å². The van der Waals surface area contributed by atoms with Crippen molar-refractivity contribution in [3.63, 3.8) is 0 Å². The van der Waals surface area contributed by atoms with Gasteiger partial charge in [-0.1, -0.05) is 13.8 Å². The van der Waals surface area contributed by atoms with Gasteiger partial charge in [0.2, 0.25) is 0 Å². The molecule has 1 aliphatic rings. The van der Waals surface area contributed by atoms with E-state index in [1.54, 1.807) is 6.26 Å². The number of hydrogen-bond acceptors (Lipinski definition) is 4. The Morgan fingerprint density at radius 2 is 2.32 bits per heavy atom. The Balaban J connectivity index is 1.88. The van der Waals surface area contributed by atoms with Gasteiger partial charge >= 0.3 is 0 Å². The van der Waals surface area contributed by atoms with Crippen LogP contribution in [0.2, 0.25) is 0 Å². The van der Waals surface area contributed by atoms with Crippen LogP contribution in [0.4, 0.5) is 0 Å². The second-order valence-corrected chi connectivity index (χ2v) is 6.14. The van der Waals surface area contributed by atoms with E-state index in [1.165, 1.54) is 5.56 Å². The Bertz CT molecular complexity index is 356. The molecular formula is C15H26N2O2. The Kier molecular flexibility index (Phi) is 5.02. The molecule has 0 bridgehead atoms. The third-order valence-electron chi connectivity index (χ3n) is 3.71. The van der Waals surface area contributed by atoms with Crippen LogP contribution in [0.25, 0.3) is 0 Å². The SMILES string of the molecule is CC(C)NCC1(CN(C)Cc2ccoc2)CCOC1. The van der Waals surface area contributed by atoms with Crippen LogP contribution in [0, 0.1) is 5.41 Å². The average molecular weight is 266 g/mol. The van der Waals surface area contributed by atoms with E-state index in [0.29, 0.717) is 6.04 Å². The van der Waals surface area contributed by atoms with Crippen LogP contribution in [0.5, 0.6) is 0 Å². The number of furan rings is 1. The lowest BCUT2D eigenvalue weighted by atomic mass is 9.86. The van der Waals surface area contributed by atoms with Gasteiger partial charge in [-0.3, -0.25) is 0 Å². The molecule has 1 atom stereocenters. The Hall–Kier alpha value is -0.840. The summed E-state index contributed by atoms with van der Waals surface area (Å²) < 4.78 is 10.8. The minimum Gasteiger partial charge on any atom is -0.472 e. The van der Waals surface area contributed by atoms with Crippen molar-refractivity contribution in [1.82, 2.24) is 10.2 Å². The van der Waals surface area contributed by atoms with E-state index < -0.39 is 0 Å². The molecule has 4 heteroatoms. The summed E-state index contributed by atoms with van der Waals surface area (Å²) in [6, 6.07) is 2.55. The second kappa shape index (κ2) is 6.55. The van der Waals surface area contributed by atoms with Crippen molar-refractivity contribution >= 4 is 0 Å². The molecule has 1 unspecified atom stereocenters. The van der Waals surface area contributed by atoms with Crippen molar-refractivity contribution < 1.29 is 9.15 Å². The number of nitrogens with one attached hydrogen (secondary N) is 1. The van der Waals surface area contributed by atoms with Crippen LogP contribution in [-0.2, 0) is 11.3 Å². The molecular weight excluding hydrogens is 240 g/mol. The van der Waals surface area contributed by atoms with Crippen molar-refractivity contribution in [2.45, 2.75) is 32.9 Å². The van der Waals surface area contributed by atoms with Gasteiger partial charge in [0.05, 0.1) is 19.1 Å². The average Bonchev–Trinajstić information content (AvgIpc) is 2.99. The third-order valence-corrected chi connectivity index (χ3v) is 3.71. The summed E-state index contributed by atoms with van der Waals surface area (Å²) in [6.45, 7) is 9.15. The molecule has 1 N–H and O–H groups in total. The molecule has 2 heterocycles. The summed E-state index contributed by atoms with van der Waals surface area (Å²) in [5, 5.41) is 3.57. The predicted molar refractivity (Wildman–Crippen MR) is 76.0 cm³/mol. The summed E-state index contributed by atoms with van der Waals surface area (Å²) in [4.78, 5) is 2.36. The van der Waals surface area contributed by atoms with Crippen molar-refractivity contribution in [2.75, 3.05) is 33.4 Å². The molecule has 2 rings (SSSR count). The van der Waals surface area contributed by atoms with Crippen molar-refractivity contribution in [2.24, 2.45) is 5.41 Å². The molecule has 1 saturated heterocycles. The van der Waals surface area contributed by atoms with Crippen molar-refractivity contribution in [1.29, 1.82) is 0 Å². The lowest BCUT2D eigenvalue weighted by molar-refractivity contribution is 0.115. The van der Waals surface area contributed by atoms with Crippen LogP contribution < -0.4 is 5.32 Å². The zero-order valence-corrected chi connectivity index (χ0v) is 12.3. The number of rotatable bonds is 7. The van der Waals surface area contributed by atoms with Gasteiger partial charge in [0.1, 0.15) is 0 Å². The topological polar surface area (TPSA) is 37.6 Å². The van der Waals surface area contributed by atoms with Gasteiger partial charge in [-0.15, -0.1) is 0 Å². The van der Waals surface area contributed by atoms with E-state index in [1.807, 2.05) is 12.3 Å². The summed E-state index contributed by atoms with van der Waals surface area (Å²) in [6.07, 6.45) is 4.70. The minimum absolute atomic E-state index is 0.253. The van der Waals surface area contributed by atoms with Crippen LogP contribution in [0.15, 0.2) is 23.0 Å². The van der Waals surface area contributed by atoms with E-state index in [9.17, 15) is 0 Å². The van der Waals surface area contributed by atoms with Crippen molar-refractivity contribution in [3.8, 4) is 0 Å². The monoisotopic (exact) mass is 266 g/mol. The maximum atomic E-state index is 5.64. The Morgan fingerprint density at radius 1 is 1.47 bits per heavy atom. The highest BCUT2D eigenvalue weighted by Crippen LogP contribution is 2.29. The smallest absolute Gasteiger partial charge is 0.0947 e. The molecule has 1 fully saturated rings. The van der Waals surface area contributed by atoms with Crippen LogP contribution in [0.1, 0.15) is 25.8 Å². The Morgan fingerprint density at radius 3 is 2.89 bits per heavy atom. The van der Waals surface area contributed by atoms with Crippen LogP contribution >= 0.6 is 0 Å². The van der Waals surface area contributed by atoms with E-state index in [2.05, 4.69) is 31.1 Å². The lowest BCUT2D eigenvalue weighted by Gasteiger charge is -2.33. The molecule has 0 spiro atoms. The molecule has 19 heavy (non-hydrogen) atoms. The molecule has 0 amide bonds. The third kappa shape index (κ3) is 4.34. The maximum Gasteiger partial charge on any atom is 0.0947 e. The van der Waals surface area contributed by atoms with Gasteiger partial charge in [-0.25, -0.2) is 0 Å². The van der Waals surface area contributed by atoms with Gasteiger partial charge in [-0.2, -0.15) is 0 Å². The fourth-order valence-corrected chi connectivity index (χ4v) is 2.71. The highest BCUT2D eigenvalue weighted by Gasteiger charge is 2.35. The maximum absolute atomic E-state index is 5.64. The summed E-state index contributed by atoms with van der Waals surface area (Å²) in [5.74, 6) is 0. The molecule has 4 nitrogen and oxygen atoms in total.